The first-order valence-electron chi connectivity index (χ1n) is 10.2. The van der Waals surface area contributed by atoms with E-state index in [2.05, 4.69) is 21.7 Å². The molecule has 0 aliphatic heterocycles. The number of anilines is 2. The molecular formula is C22H27N5O2S. The predicted molar refractivity (Wildman–Crippen MR) is 119 cm³/mol. The van der Waals surface area contributed by atoms with Gasteiger partial charge in [0.2, 0.25) is 11.8 Å². The van der Waals surface area contributed by atoms with Crippen molar-refractivity contribution in [3.63, 3.8) is 0 Å². The molecule has 0 aromatic carbocycles. The standard InChI is InChI=1S/C22H27N5O2S/c1-14-8-7-11-19(24-14)25-20(28)13-27(3)15(2)21(29)26-22-17(12-23)16-9-5-4-6-10-18(16)30-22/h7-8,11,15H,4-6,9-10,13H2,1-3H3,(H,26,29)(H,24,25,28). The second kappa shape index (κ2) is 9.83. The maximum atomic E-state index is 12.8. The van der Waals surface area contributed by atoms with Crippen molar-refractivity contribution < 1.29 is 9.59 Å². The van der Waals surface area contributed by atoms with Crippen LogP contribution < -0.4 is 10.6 Å². The largest absolute Gasteiger partial charge is 0.315 e. The third-order valence-corrected chi connectivity index (χ3v) is 6.57. The molecule has 30 heavy (non-hydrogen) atoms. The zero-order valence-electron chi connectivity index (χ0n) is 17.6. The van der Waals surface area contributed by atoms with Crippen LogP contribution in [0.15, 0.2) is 18.2 Å². The summed E-state index contributed by atoms with van der Waals surface area (Å²) in [7, 11) is 1.72. The minimum atomic E-state index is -0.533. The van der Waals surface area contributed by atoms with Gasteiger partial charge in [-0.3, -0.25) is 14.5 Å². The number of rotatable bonds is 6. The van der Waals surface area contributed by atoms with Crippen molar-refractivity contribution in [2.75, 3.05) is 24.2 Å². The Labute approximate surface area is 181 Å². The molecule has 2 heterocycles. The van der Waals surface area contributed by atoms with E-state index in [1.807, 2.05) is 19.1 Å². The fraction of sp³-hybridized carbons (Fsp3) is 0.455. The SMILES string of the molecule is Cc1cccc(NC(=O)CN(C)C(C)C(=O)Nc2sc3c(c2C#N)CCCCC3)n1. The smallest absolute Gasteiger partial charge is 0.242 e. The van der Waals surface area contributed by atoms with E-state index >= 15 is 0 Å². The topological polar surface area (TPSA) is 98.1 Å². The highest BCUT2D eigenvalue weighted by Crippen LogP contribution is 2.37. The summed E-state index contributed by atoms with van der Waals surface area (Å²) < 4.78 is 0. The predicted octanol–water partition coefficient (Wildman–Crippen LogP) is 3.49. The van der Waals surface area contributed by atoms with Crippen molar-refractivity contribution in [2.45, 2.75) is 52.0 Å². The van der Waals surface area contributed by atoms with Gasteiger partial charge in [0, 0.05) is 10.6 Å². The van der Waals surface area contributed by atoms with Crippen molar-refractivity contribution >= 4 is 34.0 Å². The Bertz CT molecular complexity index is 978. The number of thiophene rings is 1. The molecule has 0 saturated carbocycles. The lowest BCUT2D eigenvalue weighted by Crippen LogP contribution is -2.43. The van der Waals surface area contributed by atoms with Crippen LogP contribution in [0.5, 0.6) is 0 Å². The third kappa shape index (κ3) is 5.23. The summed E-state index contributed by atoms with van der Waals surface area (Å²) in [6.07, 6.45) is 5.24. The van der Waals surface area contributed by atoms with Gasteiger partial charge in [0.1, 0.15) is 16.9 Å². The summed E-state index contributed by atoms with van der Waals surface area (Å²) in [5.41, 5.74) is 2.52. The number of hydrogen-bond donors (Lipinski definition) is 2. The number of nitrogens with zero attached hydrogens (tertiary/aromatic N) is 3. The molecule has 2 amide bonds. The fourth-order valence-electron chi connectivity index (χ4n) is 3.52. The zero-order chi connectivity index (χ0) is 21.7. The second-order valence-electron chi connectivity index (χ2n) is 7.67. The van der Waals surface area contributed by atoms with Gasteiger partial charge < -0.3 is 10.6 Å². The van der Waals surface area contributed by atoms with Gasteiger partial charge in [0.25, 0.3) is 0 Å². The first-order valence-corrected chi connectivity index (χ1v) is 11.0. The Hall–Kier alpha value is -2.76. The number of pyridine rings is 1. The first-order chi connectivity index (χ1) is 14.4. The van der Waals surface area contributed by atoms with E-state index in [4.69, 9.17) is 0 Å². The van der Waals surface area contributed by atoms with Crippen LogP contribution in [0, 0.1) is 18.3 Å². The van der Waals surface area contributed by atoms with Crippen LogP contribution in [-0.4, -0.2) is 41.3 Å². The quantitative estimate of drug-likeness (QED) is 0.691. The Balaban J connectivity index is 1.61. The number of nitrogens with one attached hydrogen (secondary N) is 2. The Morgan fingerprint density at radius 3 is 2.77 bits per heavy atom. The van der Waals surface area contributed by atoms with Crippen molar-refractivity contribution in [1.29, 1.82) is 5.26 Å². The molecule has 2 aromatic heterocycles. The Kier molecular flexibility index (Phi) is 7.19. The molecular weight excluding hydrogens is 398 g/mol. The highest BCUT2D eigenvalue weighted by molar-refractivity contribution is 7.16. The molecule has 0 bridgehead atoms. The number of carbonyl (C=O) groups is 2. The van der Waals surface area contributed by atoms with Crippen molar-refractivity contribution in [3.8, 4) is 6.07 Å². The van der Waals surface area contributed by atoms with Crippen molar-refractivity contribution in [3.05, 3.63) is 39.9 Å². The van der Waals surface area contributed by atoms with Crippen LogP contribution in [0.25, 0.3) is 0 Å². The lowest BCUT2D eigenvalue weighted by atomic mass is 10.1. The second-order valence-corrected chi connectivity index (χ2v) is 8.78. The summed E-state index contributed by atoms with van der Waals surface area (Å²) in [5.74, 6) is 0.0203. The zero-order valence-corrected chi connectivity index (χ0v) is 18.4. The van der Waals surface area contributed by atoms with Gasteiger partial charge in [0.05, 0.1) is 18.2 Å². The molecule has 1 atom stereocenters. The maximum Gasteiger partial charge on any atom is 0.242 e. The normalized spacial score (nSPS) is 14.4. The lowest BCUT2D eigenvalue weighted by molar-refractivity contribution is -0.122. The highest BCUT2D eigenvalue weighted by atomic mass is 32.1. The van der Waals surface area contributed by atoms with Gasteiger partial charge >= 0.3 is 0 Å². The molecule has 3 rings (SSSR count). The van der Waals surface area contributed by atoms with Crippen LogP contribution in [0.3, 0.4) is 0 Å². The molecule has 158 valence electrons. The maximum absolute atomic E-state index is 12.8. The summed E-state index contributed by atoms with van der Waals surface area (Å²) in [6.45, 7) is 3.66. The molecule has 2 N–H and O–H groups in total. The molecule has 1 aliphatic rings. The number of amides is 2. The van der Waals surface area contributed by atoms with E-state index in [1.165, 1.54) is 22.6 Å². The minimum Gasteiger partial charge on any atom is -0.315 e. The van der Waals surface area contributed by atoms with E-state index in [-0.39, 0.29) is 18.4 Å². The number of aryl methyl sites for hydroxylation is 2. The molecule has 7 nitrogen and oxygen atoms in total. The van der Waals surface area contributed by atoms with Crippen LogP contribution >= 0.6 is 11.3 Å². The Morgan fingerprint density at radius 1 is 1.27 bits per heavy atom. The molecule has 8 heteroatoms. The van der Waals surface area contributed by atoms with Gasteiger partial charge in [-0.05, 0) is 64.3 Å². The highest BCUT2D eigenvalue weighted by Gasteiger charge is 2.25. The summed E-state index contributed by atoms with van der Waals surface area (Å²) >= 11 is 1.51. The third-order valence-electron chi connectivity index (χ3n) is 5.36. The van der Waals surface area contributed by atoms with Crippen LogP contribution in [0.1, 0.15) is 47.9 Å². The van der Waals surface area contributed by atoms with Crippen LogP contribution in [-0.2, 0) is 22.4 Å². The number of hydrogen-bond acceptors (Lipinski definition) is 6. The van der Waals surface area contributed by atoms with E-state index in [0.717, 1.165) is 36.9 Å². The van der Waals surface area contributed by atoms with Gasteiger partial charge in [-0.1, -0.05) is 12.5 Å². The summed E-state index contributed by atoms with van der Waals surface area (Å²) in [5, 5.41) is 15.9. The van der Waals surface area contributed by atoms with Gasteiger partial charge in [-0.25, -0.2) is 4.98 Å². The average molecular weight is 426 g/mol. The monoisotopic (exact) mass is 425 g/mol. The molecule has 1 aliphatic carbocycles. The molecule has 0 spiro atoms. The van der Waals surface area contributed by atoms with Crippen molar-refractivity contribution in [2.24, 2.45) is 0 Å². The number of likely N-dealkylation sites (N-methyl/N-ethyl adjacent to an activating group) is 1. The van der Waals surface area contributed by atoms with Gasteiger partial charge in [-0.2, -0.15) is 5.26 Å². The van der Waals surface area contributed by atoms with Crippen LogP contribution in [0.4, 0.5) is 10.8 Å². The fourth-order valence-corrected chi connectivity index (χ4v) is 4.77. The molecule has 2 aromatic rings. The summed E-state index contributed by atoms with van der Waals surface area (Å²) in [6, 6.07) is 7.16. The molecule has 0 radical (unpaired) electrons. The number of carbonyl (C=O) groups excluding carboxylic acids is 2. The molecule has 0 saturated heterocycles. The average Bonchev–Trinajstić information content (AvgIpc) is 2.86. The van der Waals surface area contributed by atoms with E-state index < -0.39 is 6.04 Å². The van der Waals surface area contributed by atoms with Crippen LogP contribution in [0.2, 0.25) is 0 Å². The molecule has 1 unspecified atom stereocenters. The van der Waals surface area contributed by atoms with E-state index in [0.29, 0.717) is 16.4 Å². The summed E-state index contributed by atoms with van der Waals surface area (Å²) in [4.78, 5) is 32.2. The number of aromatic nitrogens is 1. The minimum absolute atomic E-state index is 0.0518. The van der Waals surface area contributed by atoms with Crippen molar-refractivity contribution in [1.82, 2.24) is 9.88 Å². The number of nitriles is 1. The Morgan fingerprint density at radius 2 is 2.03 bits per heavy atom. The van der Waals surface area contributed by atoms with E-state index in [9.17, 15) is 14.9 Å². The molecule has 0 fully saturated rings. The van der Waals surface area contributed by atoms with E-state index in [1.54, 1.807) is 24.9 Å². The number of fused-ring (bicyclic) bond motifs is 1. The van der Waals surface area contributed by atoms with Gasteiger partial charge in [-0.15, -0.1) is 11.3 Å². The first kappa shape index (κ1) is 21.9. The lowest BCUT2D eigenvalue weighted by Gasteiger charge is -2.23. The van der Waals surface area contributed by atoms with Gasteiger partial charge in [0.15, 0.2) is 0 Å².